The van der Waals surface area contributed by atoms with Crippen LogP contribution in [0.15, 0.2) is 11.6 Å². The van der Waals surface area contributed by atoms with Gasteiger partial charge in [0.1, 0.15) is 146 Å². The molecular formula is C66H106O32. The van der Waals surface area contributed by atoms with Gasteiger partial charge in [-0.3, -0.25) is 9.59 Å². The summed E-state index contributed by atoms with van der Waals surface area (Å²) in [6.07, 6.45) is -41.1. The second kappa shape index (κ2) is 29.9. The number of ether oxygens (including phenoxy) is 15. The summed E-state index contributed by atoms with van der Waals surface area (Å²) in [5, 5.41) is 167. The number of allylic oxidation sites excluding steroid dienone is 2. The molecule has 562 valence electrons. The molecule has 32 nitrogen and oxygen atoms in total. The van der Waals surface area contributed by atoms with Gasteiger partial charge in [-0.2, -0.15) is 0 Å². The highest BCUT2D eigenvalue weighted by atomic mass is 16.8. The van der Waals surface area contributed by atoms with E-state index >= 15 is 0 Å². The molecule has 32 heteroatoms. The number of hydrogen-bond acceptors (Lipinski definition) is 32. The third-order valence-electron chi connectivity index (χ3n) is 24.2. The molecule has 0 amide bonds. The van der Waals surface area contributed by atoms with E-state index in [1.54, 1.807) is 0 Å². The molecule has 0 aromatic carbocycles. The molecule has 98 heavy (non-hydrogen) atoms. The topological polar surface area (TPSA) is 476 Å². The molecule has 10 fully saturated rings. The van der Waals surface area contributed by atoms with Crippen LogP contribution < -0.4 is 0 Å². The van der Waals surface area contributed by atoms with Gasteiger partial charge in [0.25, 0.3) is 0 Å². The number of cyclic esters (lactones) is 1. The zero-order valence-electron chi connectivity index (χ0n) is 56.9. The second-order valence-electron chi connectivity index (χ2n) is 30.7. The van der Waals surface area contributed by atoms with Crippen molar-refractivity contribution in [2.24, 2.45) is 45.3 Å². The first-order valence-corrected chi connectivity index (χ1v) is 34.6. The Bertz CT molecular complexity index is 2750. The first-order chi connectivity index (χ1) is 46.3. The van der Waals surface area contributed by atoms with Crippen molar-refractivity contribution in [1.29, 1.82) is 0 Å². The van der Waals surface area contributed by atoms with Crippen molar-refractivity contribution in [3.8, 4) is 0 Å². The average Bonchev–Trinajstić information content (AvgIpc) is 1.47. The van der Waals surface area contributed by atoms with Crippen molar-refractivity contribution in [3.05, 3.63) is 11.6 Å². The molecule has 0 bridgehead atoms. The van der Waals surface area contributed by atoms with E-state index < -0.39 is 251 Å². The molecule has 11 rings (SSSR count). The molecule has 1 spiro atoms. The maximum absolute atomic E-state index is 14.6. The number of aliphatic hydroxyl groups excluding tert-OH is 15. The van der Waals surface area contributed by atoms with Gasteiger partial charge in [0.15, 0.2) is 37.7 Å². The van der Waals surface area contributed by atoms with Gasteiger partial charge in [0.2, 0.25) is 0 Å². The number of aliphatic hydroxyl groups is 15. The number of ketones is 1. The Labute approximate surface area is 568 Å². The van der Waals surface area contributed by atoms with E-state index in [0.717, 1.165) is 12.8 Å². The summed E-state index contributed by atoms with van der Waals surface area (Å²) >= 11 is 0. The Hall–Kier alpha value is -2.28. The van der Waals surface area contributed by atoms with Crippen LogP contribution in [0.3, 0.4) is 0 Å². The number of carbonyl (C=O) groups is 2. The van der Waals surface area contributed by atoms with E-state index in [2.05, 4.69) is 47.6 Å². The lowest BCUT2D eigenvalue weighted by Crippen LogP contribution is -2.67. The van der Waals surface area contributed by atoms with Crippen LogP contribution in [-0.2, 0) is 80.6 Å². The third-order valence-corrected chi connectivity index (χ3v) is 24.2. The Balaban J connectivity index is 0.836. The number of methoxy groups -OCH3 is 2. The minimum absolute atomic E-state index is 0.0671. The number of Topliss-reactive ketones (excluding diaryl/α,β-unsaturated/α-hetero) is 1. The van der Waals surface area contributed by atoms with Crippen LogP contribution in [-0.4, -0.2) is 326 Å². The van der Waals surface area contributed by atoms with E-state index in [1.807, 2.05) is 6.92 Å². The van der Waals surface area contributed by atoms with Crippen molar-refractivity contribution in [2.45, 2.75) is 290 Å². The summed E-state index contributed by atoms with van der Waals surface area (Å²) in [7, 11) is 2.37. The second-order valence-corrected chi connectivity index (χ2v) is 30.7. The van der Waals surface area contributed by atoms with Crippen molar-refractivity contribution < 1.29 is 157 Å². The molecule has 15 N–H and O–H groups in total. The fraction of sp³-hybridized carbons (Fsp3) is 0.939. The minimum atomic E-state index is -2.13. The monoisotopic (exact) mass is 1410 g/mol. The van der Waals surface area contributed by atoms with E-state index in [1.165, 1.54) is 19.8 Å². The Morgan fingerprint density at radius 1 is 0.531 bits per heavy atom. The van der Waals surface area contributed by atoms with Gasteiger partial charge in [-0.05, 0) is 85.9 Å². The zero-order chi connectivity index (χ0) is 71.2. The molecular weight excluding hydrogens is 1300 g/mol. The SMILES string of the molecule is COC1C(O)C(CO)OC(OC2C(O)COC(OC3C(CO)OC(OC4C(OC5CCC6(C)C7=CCC89C(=O)OC(C)(CCCC(C)C)C8C(=O)CC9(C)C7CCC6C5(C)C)OCC(OC5OC(CO)C(O)C(OC6OC(CO)C(O)C(OC)C6O)C5O)C4O)C(O)C3O)C2O)C1O. The van der Waals surface area contributed by atoms with Gasteiger partial charge in [0.05, 0.1) is 57.1 Å². The van der Waals surface area contributed by atoms with E-state index in [0.29, 0.717) is 44.4 Å². The standard InChI is InChI=1S/C66H106O32/c1-26(2)11-10-16-65(7)54-29(71)19-64(6)28-12-13-36-62(3,4)37(15-17-63(36,5)27(28)14-18-66(54,64)61(83)98-65)93-60-53(41(76)35(25-87-60)92-57-47(82)52(40(75)33(22-69)88-57)96-59-46(81)51(85-9)39(74)32(21-68)90-59)97-56-43(78)42(77)49(34(23-70)91-56)95-55-44(79)48(30(72)24-86-55)94-58-45(80)50(84-8)38(73)31(20-67)89-58/h14,26,28,30-60,67-70,72-82H,10-13,15-25H2,1-9H3. The van der Waals surface area contributed by atoms with Gasteiger partial charge in [-0.25, -0.2) is 0 Å². The molecule has 7 saturated heterocycles. The lowest BCUT2D eigenvalue weighted by molar-refractivity contribution is -0.396. The van der Waals surface area contributed by atoms with Crippen LogP contribution in [0.4, 0.5) is 0 Å². The predicted octanol–water partition coefficient (Wildman–Crippen LogP) is -4.22. The molecule has 36 atom stereocenters. The highest BCUT2D eigenvalue weighted by molar-refractivity contribution is 5.99. The van der Waals surface area contributed by atoms with E-state index in [4.69, 9.17) is 71.1 Å². The first-order valence-electron chi connectivity index (χ1n) is 34.6. The molecule has 3 saturated carbocycles. The van der Waals surface area contributed by atoms with Crippen LogP contribution in [0.2, 0.25) is 0 Å². The minimum Gasteiger partial charge on any atom is -0.458 e. The normalized spacial score (nSPS) is 51.8. The first kappa shape index (κ1) is 76.8. The third kappa shape index (κ3) is 13.2. The molecule has 36 unspecified atom stereocenters. The average molecular weight is 1410 g/mol. The quantitative estimate of drug-likeness (QED) is 0.0278. The van der Waals surface area contributed by atoms with Crippen LogP contribution in [0.1, 0.15) is 106 Å². The van der Waals surface area contributed by atoms with Crippen molar-refractivity contribution in [3.63, 3.8) is 0 Å². The lowest BCUT2D eigenvalue weighted by atomic mass is 9.41. The van der Waals surface area contributed by atoms with Gasteiger partial charge >= 0.3 is 5.97 Å². The number of carbonyl (C=O) groups excluding carboxylic acids is 2. The van der Waals surface area contributed by atoms with E-state index in [9.17, 15) is 86.2 Å². The van der Waals surface area contributed by atoms with Crippen LogP contribution in [0.5, 0.6) is 0 Å². The summed E-state index contributed by atoms with van der Waals surface area (Å²) in [6, 6.07) is 0. The summed E-state index contributed by atoms with van der Waals surface area (Å²) in [5.41, 5.74) is -2.58. The Kier molecular flexibility index (Phi) is 23.5. The molecule has 11 aliphatic rings. The highest BCUT2D eigenvalue weighted by Crippen LogP contribution is 2.75. The summed E-state index contributed by atoms with van der Waals surface area (Å²) in [6.45, 7) is 10.3. The molecule has 0 aromatic rings. The number of hydrogen-bond donors (Lipinski definition) is 15. The maximum atomic E-state index is 14.6. The van der Waals surface area contributed by atoms with Crippen molar-refractivity contribution in [2.75, 3.05) is 53.9 Å². The molecule has 4 aliphatic carbocycles. The molecule has 7 aliphatic heterocycles. The largest absolute Gasteiger partial charge is 0.458 e. The van der Waals surface area contributed by atoms with Crippen LogP contribution in [0.25, 0.3) is 0 Å². The Morgan fingerprint density at radius 2 is 1.04 bits per heavy atom. The van der Waals surface area contributed by atoms with Crippen molar-refractivity contribution >= 4 is 11.8 Å². The van der Waals surface area contributed by atoms with Crippen molar-refractivity contribution in [1.82, 2.24) is 0 Å². The van der Waals surface area contributed by atoms with E-state index in [-0.39, 0.29) is 30.0 Å². The predicted molar refractivity (Wildman–Crippen MR) is 326 cm³/mol. The van der Waals surface area contributed by atoms with Gasteiger partial charge in [0, 0.05) is 20.6 Å². The smallest absolute Gasteiger partial charge is 0.314 e. The summed E-state index contributed by atoms with van der Waals surface area (Å²) in [5.74, 6) is -0.527. The maximum Gasteiger partial charge on any atom is 0.314 e. The van der Waals surface area contributed by atoms with Gasteiger partial charge < -0.3 is 148 Å². The summed E-state index contributed by atoms with van der Waals surface area (Å²) in [4.78, 5) is 29.1. The number of rotatable bonds is 22. The molecule has 7 heterocycles. The van der Waals surface area contributed by atoms with Crippen LogP contribution >= 0.6 is 0 Å². The number of esters is 1. The fourth-order valence-electron chi connectivity index (χ4n) is 18.9. The molecule has 0 radical (unpaired) electrons. The zero-order valence-corrected chi connectivity index (χ0v) is 56.9. The van der Waals surface area contributed by atoms with Gasteiger partial charge in [-0.1, -0.05) is 59.6 Å². The fourth-order valence-corrected chi connectivity index (χ4v) is 18.9. The highest BCUT2D eigenvalue weighted by Gasteiger charge is 2.79. The summed E-state index contributed by atoms with van der Waals surface area (Å²) < 4.78 is 89.6. The van der Waals surface area contributed by atoms with Gasteiger partial charge in [-0.15, -0.1) is 0 Å². The lowest BCUT2D eigenvalue weighted by Gasteiger charge is -2.63. The molecule has 0 aromatic heterocycles. The van der Waals surface area contributed by atoms with Crippen LogP contribution in [0, 0.1) is 45.3 Å². The Morgan fingerprint density at radius 3 is 1.62 bits per heavy atom. The number of fused-ring (bicyclic) bond motifs is 4.